The number of thiazole rings is 1. The number of amides is 1. The summed E-state index contributed by atoms with van der Waals surface area (Å²) in [6, 6.07) is 7.06. The summed E-state index contributed by atoms with van der Waals surface area (Å²) >= 11 is 1.09. The molecular formula is C24H33N7O8S2. The summed E-state index contributed by atoms with van der Waals surface area (Å²) in [6.45, 7) is 4.43. The number of hydrogen-bond donors (Lipinski definition) is 3. The van der Waals surface area contributed by atoms with Crippen LogP contribution >= 0.6 is 11.3 Å². The van der Waals surface area contributed by atoms with Crippen LogP contribution in [0.1, 0.15) is 31.5 Å². The summed E-state index contributed by atoms with van der Waals surface area (Å²) in [4.78, 5) is 41.3. The SMILES string of the molecule is CN(C)CCN=C(N)c1ccc(OCCO/N=C(\C(=O)C[C@@H]2C(=O)N(OS(=O)(=O)O)C2(C)C)c2csc(N)n2)cc1. The van der Waals surface area contributed by atoms with E-state index in [0.29, 0.717) is 23.2 Å². The van der Waals surface area contributed by atoms with Crippen LogP contribution in [0.3, 0.4) is 0 Å². The van der Waals surface area contributed by atoms with E-state index in [2.05, 4.69) is 19.4 Å². The van der Waals surface area contributed by atoms with Crippen LogP contribution in [0, 0.1) is 5.92 Å². The molecule has 1 amide bonds. The van der Waals surface area contributed by atoms with Crippen LogP contribution in [0.5, 0.6) is 5.75 Å². The zero-order valence-electron chi connectivity index (χ0n) is 23.0. The number of likely N-dealkylation sites (N-methyl/N-ethyl adjacent to an activating group) is 1. The predicted molar refractivity (Wildman–Crippen MR) is 152 cm³/mol. The number of anilines is 1. The second-order valence-corrected chi connectivity index (χ2v) is 11.6. The van der Waals surface area contributed by atoms with Crippen molar-refractivity contribution in [1.29, 1.82) is 0 Å². The van der Waals surface area contributed by atoms with E-state index >= 15 is 0 Å². The molecule has 1 aromatic carbocycles. The Morgan fingerprint density at radius 3 is 2.49 bits per heavy atom. The average Bonchev–Trinajstić information content (AvgIpc) is 3.32. The molecule has 0 bridgehead atoms. The molecule has 1 aliphatic rings. The molecule has 17 heteroatoms. The second kappa shape index (κ2) is 13.3. The third kappa shape index (κ3) is 8.67. The van der Waals surface area contributed by atoms with Gasteiger partial charge in [-0.2, -0.15) is 13.5 Å². The van der Waals surface area contributed by atoms with E-state index in [1.165, 1.54) is 19.2 Å². The Labute approximate surface area is 241 Å². The van der Waals surface area contributed by atoms with Crippen molar-refractivity contribution in [2.45, 2.75) is 25.8 Å². The molecule has 1 atom stereocenters. The van der Waals surface area contributed by atoms with Gasteiger partial charge in [0, 0.05) is 23.9 Å². The highest BCUT2D eigenvalue weighted by atomic mass is 32.3. The summed E-state index contributed by atoms with van der Waals surface area (Å²) in [5.41, 5.74) is 11.3. The largest absolute Gasteiger partial charge is 0.490 e. The Morgan fingerprint density at radius 1 is 1.24 bits per heavy atom. The number of benzene rings is 1. The van der Waals surface area contributed by atoms with E-state index in [-0.39, 0.29) is 36.2 Å². The molecule has 5 N–H and O–H groups in total. The highest BCUT2D eigenvalue weighted by molar-refractivity contribution is 7.80. The quantitative estimate of drug-likeness (QED) is 0.0635. The van der Waals surface area contributed by atoms with E-state index in [9.17, 15) is 18.0 Å². The van der Waals surface area contributed by atoms with Gasteiger partial charge in [-0.15, -0.1) is 15.6 Å². The minimum absolute atomic E-state index is 0.0177. The number of aromatic nitrogens is 1. The molecule has 3 rings (SSSR count). The summed E-state index contributed by atoms with van der Waals surface area (Å²) in [5, 5.41) is 6.15. The van der Waals surface area contributed by atoms with Gasteiger partial charge >= 0.3 is 10.4 Å². The highest BCUT2D eigenvalue weighted by Crippen LogP contribution is 2.40. The molecule has 1 saturated heterocycles. The van der Waals surface area contributed by atoms with Gasteiger partial charge in [-0.1, -0.05) is 5.16 Å². The van der Waals surface area contributed by atoms with Crippen LogP contribution in [-0.2, 0) is 29.1 Å². The second-order valence-electron chi connectivity index (χ2n) is 9.76. The van der Waals surface area contributed by atoms with Crippen molar-refractivity contribution in [3.8, 4) is 5.75 Å². The van der Waals surface area contributed by atoms with Gasteiger partial charge in [0.05, 0.1) is 18.0 Å². The number of amidine groups is 1. The monoisotopic (exact) mass is 611 g/mol. The summed E-state index contributed by atoms with van der Waals surface area (Å²) < 4.78 is 41.0. The number of β-lactam (4-membered cyclic amide) rings is 1. The topological polar surface area (TPSA) is 212 Å². The number of ketones is 1. The zero-order valence-corrected chi connectivity index (χ0v) is 24.6. The predicted octanol–water partition coefficient (Wildman–Crippen LogP) is 0.723. The number of nitrogen functional groups attached to an aromatic ring is 1. The molecule has 1 aromatic heterocycles. The number of nitrogens with two attached hydrogens (primary N) is 2. The average molecular weight is 612 g/mol. The van der Waals surface area contributed by atoms with Crippen molar-refractivity contribution >= 4 is 50.1 Å². The number of Topliss-reactive ketones (excluding diaryl/α,β-unsaturated/α-hetero) is 1. The maximum atomic E-state index is 13.1. The first-order valence-electron chi connectivity index (χ1n) is 12.3. The number of hydroxylamine groups is 2. The van der Waals surface area contributed by atoms with E-state index in [0.717, 1.165) is 23.4 Å². The van der Waals surface area contributed by atoms with E-state index in [4.69, 9.17) is 25.6 Å². The maximum absolute atomic E-state index is 13.1. The number of nitrogens with zero attached hydrogens (tertiary/aromatic N) is 5. The van der Waals surface area contributed by atoms with Crippen molar-refractivity contribution in [2.24, 2.45) is 21.8 Å². The van der Waals surface area contributed by atoms with Gasteiger partial charge in [0.25, 0.3) is 5.91 Å². The summed E-state index contributed by atoms with van der Waals surface area (Å²) in [7, 11) is -1.00. The molecule has 1 fully saturated rings. The van der Waals surface area contributed by atoms with Gasteiger partial charge < -0.3 is 25.9 Å². The number of hydrogen-bond acceptors (Lipinski definition) is 13. The van der Waals surface area contributed by atoms with Crippen molar-refractivity contribution in [1.82, 2.24) is 14.9 Å². The van der Waals surface area contributed by atoms with Gasteiger partial charge in [-0.3, -0.25) is 19.1 Å². The van der Waals surface area contributed by atoms with Gasteiger partial charge in [-0.05, 0) is 52.2 Å². The lowest BCUT2D eigenvalue weighted by atomic mass is 9.74. The molecule has 0 radical (unpaired) electrons. The molecule has 2 heterocycles. The molecule has 0 spiro atoms. The van der Waals surface area contributed by atoms with Crippen LogP contribution in [-0.4, -0.2) is 97.1 Å². The Kier molecular flexibility index (Phi) is 10.4. The maximum Gasteiger partial charge on any atom is 0.418 e. The molecule has 0 unspecified atom stereocenters. The van der Waals surface area contributed by atoms with Gasteiger partial charge in [-0.25, -0.2) is 4.98 Å². The number of rotatable bonds is 15. The smallest absolute Gasteiger partial charge is 0.418 e. The number of ether oxygens (including phenoxy) is 1. The van der Waals surface area contributed by atoms with Crippen molar-refractivity contribution in [2.75, 3.05) is 46.1 Å². The normalized spacial score (nSPS) is 17.5. The number of carbonyl (C=O) groups is 2. The standard InChI is InChI=1S/C24H33N7O8S2/c1-24(2)17(22(33)31(24)39-41(34,35)36)13-19(32)20(18-14-40-23(26)28-18)29-38-12-11-37-16-7-5-15(6-8-16)21(25)27-9-10-30(3)4/h5-8,14,17H,9-13H2,1-4H3,(H2,25,27)(H2,26,28)(H,34,35,36)/b29-20-/t17-/m1/s1. The fourth-order valence-electron chi connectivity index (χ4n) is 3.78. The van der Waals surface area contributed by atoms with Gasteiger partial charge in [0.15, 0.2) is 23.2 Å². The zero-order chi connectivity index (χ0) is 30.4. The van der Waals surface area contributed by atoms with Crippen LogP contribution in [0.4, 0.5) is 5.13 Å². The van der Waals surface area contributed by atoms with Crippen LogP contribution in [0.25, 0.3) is 0 Å². The van der Waals surface area contributed by atoms with Crippen LogP contribution in [0.15, 0.2) is 39.8 Å². The van der Waals surface area contributed by atoms with Crippen molar-refractivity contribution in [3.63, 3.8) is 0 Å². The molecule has 2 aromatic rings. The Hall–Kier alpha value is -3.64. The van der Waals surface area contributed by atoms with E-state index < -0.39 is 33.5 Å². The van der Waals surface area contributed by atoms with Crippen molar-refractivity contribution < 1.29 is 36.4 Å². The van der Waals surface area contributed by atoms with Crippen LogP contribution < -0.4 is 16.2 Å². The lowest BCUT2D eigenvalue weighted by Crippen LogP contribution is -2.68. The number of aliphatic imine (C=N–C) groups is 1. The first kappa shape index (κ1) is 31.9. The first-order valence-corrected chi connectivity index (χ1v) is 14.6. The van der Waals surface area contributed by atoms with Gasteiger partial charge in [0.1, 0.15) is 23.9 Å². The molecule has 41 heavy (non-hydrogen) atoms. The third-order valence-corrected chi connectivity index (χ3v) is 7.05. The van der Waals surface area contributed by atoms with E-state index in [1.54, 1.807) is 24.3 Å². The lowest BCUT2D eigenvalue weighted by molar-refractivity contribution is -0.228. The fraction of sp³-hybridized carbons (Fsp3) is 0.458. The minimum Gasteiger partial charge on any atom is -0.490 e. The molecule has 15 nitrogen and oxygen atoms in total. The third-order valence-electron chi connectivity index (χ3n) is 6.04. The Balaban J connectivity index is 1.58. The lowest BCUT2D eigenvalue weighted by Gasteiger charge is -2.50. The molecule has 224 valence electrons. The molecule has 1 aliphatic heterocycles. The van der Waals surface area contributed by atoms with Crippen molar-refractivity contribution in [3.05, 3.63) is 40.9 Å². The fourth-order valence-corrected chi connectivity index (χ4v) is 4.78. The summed E-state index contributed by atoms with van der Waals surface area (Å²) in [5.74, 6) is -1.33. The minimum atomic E-state index is -4.92. The highest BCUT2D eigenvalue weighted by Gasteiger charge is 2.57. The molecule has 0 saturated carbocycles. The number of carbonyl (C=O) groups excluding carboxylic acids is 2. The molecular weight excluding hydrogens is 578 g/mol. The van der Waals surface area contributed by atoms with E-state index in [1.807, 2.05) is 19.0 Å². The van der Waals surface area contributed by atoms with Gasteiger partial charge in [0.2, 0.25) is 0 Å². The Morgan fingerprint density at radius 2 is 1.93 bits per heavy atom. The summed E-state index contributed by atoms with van der Waals surface area (Å²) in [6.07, 6.45) is -0.346. The van der Waals surface area contributed by atoms with Crippen LogP contribution in [0.2, 0.25) is 0 Å². The molecule has 0 aliphatic carbocycles. The number of oxime groups is 1. The first-order chi connectivity index (χ1) is 19.2. The Bertz CT molecular complexity index is 1410.